The van der Waals surface area contributed by atoms with Crippen molar-refractivity contribution >= 4 is 5.97 Å². The number of allylic oxidation sites excluding steroid dienone is 2. The average Bonchev–Trinajstić information content (AvgIpc) is 2.92. The molecule has 0 aromatic rings. The van der Waals surface area contributed by atoms with Crippen LogP contribution in [-0.4, -0.2) is 43.3 Å². The first-order valence-electron chi connectivity index (χ1n) is 9.78. The molecule has 3 unspecified atom stereocenters. The van der Waals surface area contributed by atoms with E-state index in [1.54, 1.807) is 0 Å². The van der Waals surface area contributed by atoms with E-state index >= 15 is 0 Å². The summed E-state index contributed by atoms with van der Waals surface area (Å²) < 4.78 is 16.6. The number of ether oxygens (including phenoxy) is 3. The van der Waals surface area contributed by atoms with Crippen molar-refractivity contribution in [3.63, 3.8) is 0 Å². The number of cyclic esters (lactones) is 1. The number of carbonyl (C=O) groups is 1. The molecule has 2 aliphatic heterocycles. The molecule has 0 radical (unpaired) electrons. The molecule has 144 valence electrons. The first-order valence-corrected chi connectivity index (χ1v) is 9.78. The number of rotatable bonds is 2. The van der Waals surface area contributed by atoms with E-state index in [4.69, 9.17) is 14.2 Å². The van der Waals surface area contributed by atoms with Crippen LogP contribution in [0, 0.1) is 22.7 Å². The van der Waals surface area contributed by atoms with Gasteiger partial charge in [-0.25, -0.2) is 4.79 Å². The smallest absolute Gasteiger partial charge is 0.336 e. The van der Waals surface area contributed by atoms with E-state index in [-0.39, 0.29) is 29.5 Å². The van der Waals surface area contributed by atoms with Gasteiger partial charge in [0.1, 0.15) is 19.5 Å². The van der Waals surface area contributed by atoms with Crippen LogP contribution in [0.25, 0.3) is 0 Å². The second-order valence-corrected chi connectivity index (χ2v) is 8.98. The van der Waals surface area contributed by atoms with Crippen molar-refractivity contribution < 1.29 is 24.1 Å². The van der Waals surface area contributed by atoms with Crippen molar-refractivity contribution in [1.82, 2.24) is 0 Å². The van der Waals surface area contributed by atoms with Crippen LogP contribution in [0.2, 0.25) is 0 Å². The predicted molar refractivity (Wildman–Crippen MR) is 96.2 cm³/mol. The molecule has 6 atom stereocenters. The molecule has 0 aromatic heterocycles. The molecular weight excluding hydrogens is 332 g/mol. The quantitative estimate of drug-likeness (QED) is 0.465. The molecule has 0 amide bonds. The van der Waals surface area contributed by atoms with Crippen molar-refractivity contribution in [1.29, 1.82) is 0 Å². The molecule has 5 nitrogen and oxygen atoms in total. The van der Waals surface area contributed by atoms with Crippen LogP contribution in [0.15, 0.2) is 23.8 Å². The predicted octanol–water partition coefficient (Wildman–Crippen LogP) is 2.98. The zero-order valence-electron chi connectivity index (χ0n) is 15.8. The van der Waals surface area contributed by atoms with Crippen LogP contribution >= 0.6 is 0 Å². The van der Waals surface area contributed by atoms with Gasteiger partial charge in [-0.15, -0.1) is 0 Å². The lowest BCUT2D eigenvalue weighted by Crippen LogP contribution is -2.60. The Balaban J connectivity index is 1.61. The van der Waals surface area contributed by atoms with Gasteiger partial charge < -0.3 is 19.3 Å². The number of aliphatic hydroxyl groups is 1. The lowest BCUT2D eigenvalue weighted by atomic mass is 9.46. The average molecular weight is 362 g/mol. The number of hydrogen-bond donors (Lipinski definition) is 1. The highest BCUT2D eigenvalue weighted by Gasteiger charge is 2.59. The minimum Gasteiger partial charge on any atom is -0.459 e. The number of carbonyl (C=O) groups excluding carboxylic acids is 1. The summed E-state index contributed by atoms with van der Waals surface area (Å²) in [6.07, 6.45) is 6.36. The van der Waals surface area contributed by atoms with Gasteiger partial charge in [0.05, 0.1) is 18.3 Å². The molecule has 1 N–H and O–H groups in total. The molecule has 0 spiro atoms. The minimum absolute atomic E-state index is 0.0309. The monoisotopic (exact) mass is 362 g/mol. The second-order valence-electron chi connectivity index (χ2n) is 8.98. The summed E-state index contributed by atoms with van der Waals surface area (Å²) >= 11 is 0. The highest BCUT2D eigenvalue weighted by molar-refractivity contribution is 5.91. The third-order valence-corrected chi connectivity index (χ3v) is 7.62. The van der Waals surface area contributed by atoms with Gasteiger partial charge in [-0.1, -0.05) is 32.1 Å². The molecule has 2 saturated heterocycles. The summed E-state index contributed by atoms with van der Waals surface area (Å²) in [7, 11) is 0. The van der Waals surface area contributed by atoms with E-state index < -0.39 is 6.10 Å². The Hall–Kier alpha value is -1.17. The Labute approximate surface area is 155 Å². The van der Waals surface area contributed by atoms with Gasteiger partial charge in [0, 0.05) is 5.41 Å². The lowest BCUT2D eigenvalue weighted by molar-refractivity contribution is -0.259. The first kappa shape index (κ1) is 18.2. The Morgan fingerprint density at radius 1 is 1.31 bits per heavy atom. The van der Waals surface area contributed by atoms with Crippen LogP contribution in [-0.2, 0) is 19.0 Å². The topological polar surface area (TPSA) is 65.0 Å². The van der Waals surface area contributed by atoms with Crippen molar-refractivity contribution in [3.05, 3.63) is 23.8 Å². The molecule has 4 aliphatic rings. The Kier molecular flexibility index (Phi) is 4.53. The van der Waals surface area contributed by atoms with E-state index in [9.17, 15) is 9.90 Å². The van der Waals surface area contributed by atoms with Crippen molar-refractivity contribution in [2.24, 2.45) is 22.7 Å². The Morgan fingerprint density at radius 3 is 2.85 bits per heavy atom. The highest BCUT2D eigenvalue weighted by Crippen LogP contribution is 2.62. The highest BCUT2D eigenvalue weighted by atomic mass is 16.7. The number of hydrogen-bond acceptors (Lipinski definition) is 5. The standard InChI is InChI=1S/C21H30O5/c1-13-4-7-17-20(2,9-8-18-21(17,3)11-24-12-26-18)15(13)6-5-14-16(22)10-25-19(14)23/h5,15-18,22H,1,4,6-12H2,2-3H3/b14-5+/t15-,16?,17?,18?,20+,21-/m0/s1. The number of fused-ring (bicyclic) bond motifs is 3. The van der Waals surface area contributed by atoms with Gasteiger partial charge in [0.2, 0.25) is 0 Å². The Morgan fingerprint density at radius 2 is 2.12 bits per heavy atom. The molecule has 0 aromatic carbocycles. The first-order chi connectivity index (χ1) is 12.4. The fourth-order valence-electron chi connectivity index (χ4n) is 6.19. The normalized spacial score (nSPS) is 47.4. The molecule has 2 heterocycles. The van der Waals surface area contributed by atoms with Gasteiger partial charge in [-0.05, 0) is 49.4 Å². The summed E-state index contributed by atoms with van der Waals surface area (Å²) in [6.45, 7) is 10.3. The largest absolute Gasteiger partial charge is 0.459 e. The molecule has 26 heavy (non-hydrogen) atoms. The molecule has 2 saturated carbocycles. The SMILES string of the molecule is C=C1CCC2[C@]3(C)COCOC3CC[C@]2(C)[C@H]1C/C=C1/C(=O)OCC1O. The summed E-state index contributed by atoms with van der Waals surface area (Å²) in [5.74, 6) is 0.419. The summed E-state index contributed by atoms with van der Waals surface area (Å²) in [5, 5.41) is 9.98. The maximum Gasteiger partial charge on any atom is 0.336 e. The van der Waals surface area contributed by atoms with Crippen LogP contribution in [0.3, 0.4) is 0 Å². The van der Waals surface area contributed by atoms with Gasteiger partial charge in [0.15, 0.2) is 0 Å². The second kappa shape index (κ2) is 6.47. The zero-order chi connectivity index (χ0) is 18.5. The molecule has 5 heteroatoms. The third-order valence-electron chi connectivity index (χ3n) is 7.62. The van der Waals surface area contributed by atoms with Crippen molar-refractivity contribution in [2.45, 2.75) is 58.2 Å². The molecule has 2 aliphatic carbocycles. The van der Waals surface area contributed by atoms with E-state index in [1.165, 1.54) is 5.57 Å². The molecule has 0 bridgehead atoms. The fourth-order valence-corrected chi connectivity index (χ4v) is 6.19. The van der Waals surface area contributed by atoms with Gasteiger partial charge in [0.25, 0.3) is 0 Å². The zero-order valence-corrected chi connectivity index (χ0v) is 15.8. The van der Waals surface area contributed by atoms with Gasteiger partial charge >= 0.3 is 5.97 Å². The number of esters is 1. The fraction of sp³-hybridized carbons (Fsp3) is 0.762. The van der Waals surface area contributed by atoms with E-state index in [2.05, 4.69) is 20.4 Å². The van der Waals surface area contributed by atoms with E-state index in [1.807, 2.05) is 6.08 Å². The maximum absolute atomic E-state index is 11.8. The van der Waals surface area contributed by atoms with Crippen LogP contribution < -0.4 is 0 Å². The maximum atomic E-state index is 11.8. The molecule has 4 rings (SSSR count). The van der Waals surface area contributed by atoms with E-state index in [0.717, 1.165) is 38.7 Å². The molecule has 4 fully saturated rings. The van der Waals surface area contributed by atoms with Crippen LogP contribution in [0.5, 0.6) is 0 Å². The lowest BCUT2D eigenvalue weighted by Gasteiger charge is -2.61. The van der Waals surface area contributed by atoms with Gasteiger partial charge in [-0.2, -0.15) is 0 Å². The van der Waals surface area contributed by atoms with Gasteiger partial charge in [-0.3, -0.25) is 0 Å². The van der Waals surface area contributed by atoms with Crippen molar-refractivity contribution in [2.75, 3.05) is 20.0 Å². The summed E-state index contributed by atoms with van der Waals surface area (Å²) in [6, 6.07) is 0. The Bertz CT molecular complexity index is 640. The third kappa shape index (κ3) is 2.67. The van der Waals surface area contributed by atoms with E-state index in [0.29, 0.717) is 24.2 Å². The van der Waals surface area contributed by atoms with Crippen LogP contribution in [0.4, 0.5) is 0 Å². The molecular formula is C21H30O5. The summed E-state index contributed by atoms with van der Waals surface area (Å²) in [5.41, 5.74) is 1.81. The van der Waals surface area contributed by atoms with Crippen molar-refractivity contribution in [3.8, 4) is 0 Å². The minimum atomic E-state index is -0.795. The van der Waals surface area contributed by atoms with Crippen LogP contribution in [0.1, 0.15) is 46.0 Å². The number of aliphatic hydroxyl groups excluding tert-OH is 1. The summed E-state index contributed by atoms with van der Waals surface area (Å²) in [4.78, 5) is 11.8.